The first-order valence-corrected chi connectivity index (χ1v) is 11.3. The van der Waals surface area contributed by atoms with Gasteiger partial charge >= 0.3 is 0 Å². The molecule has 0 bridgehead atoms. The molecule has 2 aromatic rings. The lowest BCUT2D eigenvalue weighted by atomic mass is 9.65. The minimum atomic E-state index is -0.424. The molecule has 1 fully saturated rings. The van der Waals surface area contributed by atoms with Crippen LogP contribution in [0.4, 0.5) is 0 Å². The lowest BCUT2D eigenvalue weighted by Gasteiger charge is -2.53. The van der Waals surface area contributed by atoms with Crippen LogP contribution in [0.25, 0.3) is 0 Å². The van der Waals surface area contributed by atoms with Gasteiger partial charge in [-0.1, -0.05) is 56.9 Å². The molecule has 5 heteroatoms. The van der Waals surface area contributed by atoms with E-state index in [0.717, 1.165) is 49.8 Å². The highest BCUT2D eigenvalue weighted by atomic mass is 16.2. The third-order valence-electron chi connectivity index (χ3n) is 6.71. The van der Waals surface area contributed by atoms with Gasteiger partial charge in [0.2, 0.25) is 5.91 Å². The number of hydrogen-bond donors (Lipinski definition) is 1. The maximum Gasteiger partial charge on any atom is 0.254 e. The van der Waals surface area contributed by atoms with Gasteiger partial charge in [0.1, 0.15) is 0 Å². The van der Waals surface area contributed by atoms with Crippen LogP contribution in [0.2, 0.25) is 0 Å². The van der Waals surface area contributed by atoms with Crippen molar-refractivity contribution < 1.29 is 9.59 Å². The number of carbonyl (C=O) groups excluding carboxylic acids is 2. The van der Waals surface area contributed by atoms with E-state index < -0.39 is 5.54 Å². The van der Waals surface area contributed by atoms with Crippen LogP contribution in [0, 0.1) is 0 Å². The molecule has 1 N–H and O–H groups in total. The fourth-order valence-corrected chi connectivity index (χ4v) is 5.27. The summed E-state index contributed by atoms with van der Waals surface area (Å²) in [7, 11) is 0. The van der Waals surface area contributed by atoms with Crippen LogP contribution in [0.1, 0.15) is 79.4 Å². The van der Waals surface area contributed by atoms with Crippen molar-refractivity contribution in [2.24, 2.45) is 0 Å². The number of nitrogens with zero attached hydrogens (tertiary/aromatic N) is 2. The zero-order valence-electron chi connectivity index (χ0n) is 17.8. The molecular formula is C25H31N3O2. The first-order chi connectivity index (χ1) is 14.7. The minimum absolute atomic E-state index is 0.00371. The van der Waals surface area contributed by atoms with Crippen LogP contribution >= 0.6 is 0 Å². The molecule has 30 heavy (non-hydrogen) atoms. The molecule has 2 heterocycles. The molecule has 1 spiro atoms. The van der Waals surface area contributed by atoms with Gasteiger partial charge in [0.25, 0.3) is 5.91 Å². The van der Waals surface area contributed by atoms with E-state index in [-0.39, 0.29) is 17.7 Å². The van der Waals surface area contributed by atoms with Crippen molar-refractivity contribution in [3.8, 4) is 0 Å². The van der Waals surface area contributed by atoms with Crippen molar-refractivity contribution in [1.82, 2.24) is 15.2 Å². The Hall–Kier alpha value is -2.69. The standard InChI is InChI=1S/C25H31N3O2/c1-2-3-17-28-24(30)21-13-6-5-12-20(21)22(25(28)14-8-4-9-15-25)23(29)27-18-19-11-7-10-16-26-19/h5-7,10-13,16,22H,2-4,8-9,14-15,17-18H2,1H3,(H,27,29). The molecule has 1 saturated carbocycles. The Morgan fingerprint density at radius 1 is 1.13 bits per heavy atom. The van der Waals surface area contributed by atoms with Crippen molar-refractivity contribution in [1.29, 1.82) is 0 Å². The second kappa shape index (κ2) is 8.99. The highest BCUT2D eigenvalue weighted by molar-refractivity contribution is 6.02. The smallest absolute Gasteiger partial charge is 0.254 e. The molecule has 1 aliphatic heterocycles. The molecular weight excluding hydrogens is 374 g/mol. The number of rotatable bonds is 6. The first-order valence-electron chi connectivity index (χ1n) is 11.3. The van der Waals surface area contributed by atoms with Crippen LogP contribution in [0.5, 0.6) is 0 Å². The summed E-state index contributed by atoms with van der Waals surface area (Å²) in [5.41, 5.74) is 1.98. The van der Waals surface area contributed by atoms with E-state index in [1.54, 1.807) is 6.20 Å². The zero-order chi connectivity index (χ0) is 21.0. The summed E-state index contributed by atoms with van der Waals surface area (Å²) in [6, 6.07) is 13.4. The molecule has 2 aliphatic rings. The summed E-state index contributed by atoms with van der Waals surface area (Å²) < 4.78 is 0. The fraction of sp³-hybridized carbons (Fsp3) is 0.480. The Labute approximate surface area is 178 Å². The molecule has 1 atom stereocenters. The topological polar surface area (TPSA) is 62.3 Å². The van der Waals surface area contributed by atoms with E-state index >= 15 is 0 Å². The zero-order valence-corrected chi connectivity index (χ0v) is 17.8. The molecule has 1 aromatic carbocycles. The molecule has 1 aliphatic carbocycles. The van der Waals surface area contributed by atoms with Gasteiger partial charge in [-0.05, 0) is 43.0 Å². The summed E-state index contributed by atoms with van der Waals surface area (Å²) in [6.07, 6.45) is 8.78. The van der Waals surface area contributed by atoms with E-state index in [9.17, 15) is 9.59 Å². The number of aromatic nitrogens is 1. The second-order valence-electron chi connectivity index (χ2n) is 8.53. The number of fused-ring (bicyclic) bond motifs is 1. The molecule has 0 radical (unpaired) electrons. The van der Waals surface area contributed by atoms with Gasteiger partial charge in [0.05, 0.1) is 23.7 Å². The number of unbranched alkanes of at least 4 members (excludes halogenated alkanes) is 1. The van der Waals surface area contributed by atoms with Crippen LogP contribution < -0.4 is 5.32 Å². The number of amides is 2. The van der Waals surface area contributed by atoms with Crippen LogP contribution in [0.3, 0.4) is 0 Å². The van der Waals surface area contributed by atoms with Crippen molar-refractivity contribution >= 4 is 11.8 Å². The Morgan fingerprint density at radius 2 is 1.90 bits per heavy atom. The third kappa shape index (κ3) is 3.73. The van der Waals surface area contributed by atoms with Gasteiger partial charge in [-0.25, -0.2) is 0 Å². The van der Waals surface area contributed by atoms with Crippen LogP contribution in [0.15, 0.2) is 48.7 Å². The molecule has 0 saturated heterocycles. The highest BCUT2D eigenvalue weighted by Gasteiger charge is 2.54. The van der Waals surface area contributed by atoms with Crippen molar-refractivity contribution in [2.45, 2.75) is 69.9 Å². The molecule has 5 nitrogen and oxygen atoms in total. The van der Waals surface area contributed by atoms with Gasteiger partial charge in [0, 0.05) is 18.3 Å². The van der Waals surface area contributed by atoms with Gasteiger partial charge in [0.15, 0.2) is 0 Å². The summed E-state index contributed by atoms with van der Waals surface area (Å²) >= 11 is 0. The van der Waals surface area contributed by atoms with E-state index in [2.05, 4.69) is 22.1 Å². The number of carbonyl (C=O) groups is 2. The van der Waals surface area contributed by atoms with Crippen LogP contribution in [-0.4, -0.2) is 33.8 Å². The van der Waals surface area contributed by atoms with E-state index in [1.165, 1.54) is 6.42 Å². The normalized spacial score (nSPS) is 20.1. The number of nitrogens with one attached hydrogen (secondary N) is 1. The predicted molar refractivity (Wildman–Crippen MR) is 117 cm³/mol. The predicted octanol–water partition coefficient (Wildman–Crippen LogP) is 4.44. The highest BCUT2D eigenvalue weighted by Crippen LogP contribution is 2.49. The largest absolute Gasteiger partial charge is 0.350 e. The Balaban J connectivity index is 1.72. The molecule has 158 valence electrons. The average molecular weight is 406 g/mol. The quantitative estimate of drug-likeness (QED) is 0.773. The van der Waals surface area contributed by atoms with E-state index in [4.69, 9.17) is 0 Å². The number of hydrogen-bond acceptors (Lipinski definition) is 3. The van der Waals surface area contributed by atoms with Crippen molar-refractivity contribution in [3.63, 3.8) is 0 Å². The second-order valence-corrected chi connectivity index (χ2v) is 8.53. The summed E-state index contributed by atoms with van der Waals surface area (Å²) in [5, 5.41) is 3.13. The summed E-state index contributed by atoms with van der Waals surface area (Å²) in [6.45, 7) is 3.26. The lowest BCUT2D eigenvalue weighted by molar-refractivity contribution is -0.127. The lowest BCUT2D eigenvalue weighted by Crippen LogP contribution is -2.62. The van der Waals surface area contributed by atoms with Crippen molar-refractivity contribution in [3.05, 3.63) is 65.5 Å². The SMILES string of the molecule is CCCCN1C(=O)c2ccccc2C(C(=O)NCc2ccccn2)C12CCCCC2. The van der Waals surface area contributed by atoms with Gasteiger partial charge in [-0.2, -0.15) is 0 Å². The van der Waals surface area contributed by atoms with Gasteiger partial charge < -0.3 is 10.2 Å². The van der Waals surface area contributed by atoms with E-state index in [1.807, 2.05) is 42.5 Å². The maximum atomic E-state index is 13.7. The first kappa shape index (κ1) is 20.6. The minimum Gasteiger partial charge on any atom is -0.350 e. The molecule has 1 unspecified atom stereocenters. The monoisotopic (exact) mass is 405 g/mol. The summed E-state index contributed by atoms with van der Waals surface area (Å²) in [4.78, 5) is 33.6. The number of pyridine rings is 1. The Morgan fingerprint density at radius 3 is 2.63 bits per heavy atom. The van der Waals surface area contributed by atoms with Gasteiger partial charge in [-0.15, -0.1) is 0 Å². The van der Waals surface area contributed by atoms with E-state index in [0.29, 0.717) is 18.7 Å². The molecule has 2 amide bonds. The number of benzene rings is 1. The Kier molecular flexibility index (Phi) is 6.16. The van der Waals surface area contributed by atoms with Crippen molar-refractivity contribution in [2.75, 3.05) is 6.54 Å². The summed E-state index contributed by atoms with van der Waals surface area (Å²) in [5.74, 6) is -0.244. The van der Waals surface area contributed by atoms with Crippen LogP contribution in [-0.2, 0) is 11.3 Å². The van der Waals surface area contributed by atoms with Gasteiger partial charge in [-0.3, -0.25) is 14.6 Å². The fourth-order valence-electron chi connectivity index (χ4n) is 5.27. The third-order valence-corrected chi connectivity index (χ3v) is 6.71. The molecule has 1 aromatic heterocycles. The molecule has 4 rings (SSSR count). The maximum absolute atomic E-state index is 13.7. The Bertz CT molecular complexity index is 890. The average Bonchev–Trinajstić information content (AvgIpc) is 2.79.